The van der Waals surface area contributed by atoms with Crippen molar-refractivity contribution in [3.63, 3.8) is 0 Å². The standard InChI is InChI=1S/C18H15FN2OS/c1-12-17(23-11-20-12)18(22)21-16(13-5-3-2-4-6-13)14-7-9-15(19)10-8-14/h2-11,16H,1H3,(H,21,22). The average Bonchev–Trinajstić information content (AvgIpc) is 3.00. The summed E-state index contributed by atoms with van der Waals surface area (Å²) >= 11 is 1.31. The molecule has 1 N–H and O–H groups in total. The fraction of sp³-hybridized carbons (Fsp3) is 0.111. The van der Waals surface area contributed by atoms with E-state index in [1.807, 2.05) is 30.3 Å². The van der Waals surface area contributed by atoms with Gasteiger partial charge in [0.05, 0.1) is 17.2 Å². The minimum atomic E-state index is -0.342. The minimum Gasteiger partial charge on any atom is -0.340 e. The van der Waals surface area contributed by atoms with Gasteiger partial charge in [0.1, 0.15) is 10.7 Å². The highest BCUT2D eigenvalue weighted by Crippen LogP contribution is 2.24. The van der Waals surface area contributed by atoms with E-state index < -0.39 is 0 Å². The zero-order valence-corrected chi connectivity index (χ0v) is 13.3. The molecule has 1 heterocycles. The summed E-state index contributed by atoms with van der Waals surface area (Å²) in [5.74, 6) is -0.478. The molecule has 116 valence electrons. The van der Waals surface area contributed by atoms with Gasteiger partial charge in [-0.2, -0.15) is 0 Å². The molecule has 0 aliphatic carbocycles. The average molecular weight is 326 g/mol. The van der Waals surface area contributed by atoms with Crippen LogP contribution in [0.5, 0.6) is 0 Å². The molecule has 0 saturated carbocycles. The Morgan fingerprint density at radius 2 is 1.74 bits per heavy atom. The summed E-state index contributed by atoms with van der Waals surface area (Å²) in [4.78, 5) is 17.2. The molecule has 5 heteroatoms. The smallest absolute Gasteiger partial charge is 0.264 e. The van der Waals surface area contributed by atoms with Crippen molar-refractivity contribution in [2.24, 2.45) is 0 Å². The number of hydrogen-bond acceptors (Lipinski definition) is 3. The van der Waals surface area contributed by atoms with Crippen LogP contribution in [0.2, 0.25) is 0 Å². The molecule has 0 aliphatic heterocycles. The maximum atomic E-state index is 13.2. The van der Waals surface area contributed by atoms with E-state index in [1.54, 1.807) is 24.6 Å². The number of nitrogens with one attached hydrogen (secondary N) is 1. The molecule has 3 rings (SSSR count). The lowest BCUT2D eigenvalue weighted by Crippen LogP contribution is -2.29. The number of hydrogen-bond donors (Lipinski definition) is 1. The number of thiazole rings is 1. The molecule has 3 aromatic rings. The Balaban J connectivity index is 1.94. The van der Waals surface area contributed by atoms with Crippen molar-refractivity contribution in [3.05, 3.63) is 87.6 Å². The second-order valence-corrected chi connectivity index (χ2v) is 5.99. The molecule has 2 aromatic carbocycles. The van der Waals surface area contributed by atoms with Crippen molar-refractivity contribution < 1.29 is 9.18 Å². The van der Waals surface area contributed by atoms with Crippen LogP contribution in [0.1, 0.15) is 32.5 Å². The lowest BCUT2D eigenvalue weighted by Gasteiger charge is -2.19. The fourth-order valence-electron chi connectivity index (χ4n) is 2.38. The van der Waals surface area contributed by atoms with Crippen molar-refractivity contribution in [2.75, 3.05) is 0 Å². The summed E-state index contributed by atoms with van der Waals surface area (Å²) in [5.41, 5.74) is 4.13. The van der Waals surface area contributed by atoms with Gasteiger partial charge < -0.3 is 5.32 Å². The summed E-state index contributed by atoms with van der Waals surface area (Å²) in [6.45, 7) is 1.81. The van der Waals surface area contributed by atoms with Gasteiger partial charge in [-0.3, -0.25) is 4.79 Å². The first-order chi connectivity index (χ1) is 11.1. The van der Waals surface area contributed by atoms with E-state index in [4.69, 9.17) is 0 Å². The number of carbonyl (C=O) groups excluding carboxylic acids is 1. The Kier molecular flexibility index (Phi) is 4.48. The van der Waals surface area contributed by atoms with Crippen LogP contribution in [-0.2, 0) is 0 Å². The zero-order chi connectivity index (χ0) is 16.2. The Hall–Kier alpha value is -2.53. The number of aryl methyl sites for hydroxylation is 1. The molecule has 0 radical (unpaired) electrons. The van der Waals surface area contributed by atoms with E-state index in [-0.39, 0.29) is 17.8 Å². The van der Waals surface area contributed by atoms with Gasteiger partial charge in [-0.15, -0.1) is 11.3 Å². The van der Waals surface area contributed by atoms with Gasteiger partial charge in [0.2, 0.25) is 0 Å². The normalized spacial score (nSPS) is 11.9. The molecule has 0 spiro atoms. The van der Waals surface area contributed by atoms with Crippen molar-refractivity contribution >= 4 is 17.2 Å². The predicted molar refractivity (Wildman–Crippen MR) is 89.0 cm³/mol. The number of aromatic nitrogens is 1. The molecule has 1 aromatic heterocycles. The Bertz CT molecular complexity index is 799. The van der Waals surface area contributed by atoms with Crippen LogP contribution in [-0.4, -0.2) is 10.9 Å². The summed E-state index contributed by atoms with van der Waals surface area (Å²) in [6.07, 6.45) is 0. The van der Waals surface area contributed by atoms with E-state index >= 15 is 0 Å². The van der Waals surface area contributed by atoms with E-state index in [0.29, 0.717) is 10.6 Å². The lowest BCUT2D eigenvalue weighted by molar-refractivity contribution is 0.0946. The molecule has 0 bridgehead atoms. The van der Waals surface area contributed by atoms with Gasteiger partial charge >= 0.3 is 0 Å². The van der Waals surface area contributed by atoms with Gasteiger partial charge in [-0.05, 0) is 30.2 Å². The molecule has 1 atom stereocenters. The van der Waals surface area contributed by atoms with Crippen LogP contribution in [0.4, 0.5) is 4.39 Å². The predicted octanol–water partition coefficient (Wildman–Crippen LogP) is 4.11. The maximum absolute atomic E-state index is 13.2. The van der Waals surface area contributed by atoms with Gasteiger partial charge in [-0.25, -0.2) is 9.37 Å². The van der Waals surface area contributed by atoms with Crippen LogP contribution < -0.4 is 5.32 Å². The van der Waals surface area contributed by atoms with Crippen LogP contribution in [0.15, 0.2) is 60.1 Å². The van der Waals surface area contributed by atoms with Crippen LogP contribution in [0.25, 0.3) is 0 Å². The Morgan fingerprint density at radius 3 is 2.35 bits per heavy atom. The van der Waals surface area contributed by atoms with E-state index in [0.717, 1.165) is 11.1 Å². The third kappa shape index (κ3) is 3.46. The molecule has 0 saturated heterocycles. The quantitative estimate of drug-likeness (QED) is 0.784. The first kappa shape index (κ1) is 15.4. The van der Waals surface area contributed by atoms with Gasteiger partial charge in [0.15, 0.2) is 0 Å². The number of rotatable bonds is 4. The molecule has 23 heavy (non-hydrogen) atoms. The highest BCUT2D eigenvalue weighted by Gasteiger charge is 2.20. The summed E-state index contributed by atoms with van der Waals surface area (Å²) in [5, 5.41) is 3.02. The van der Waals surface area contributed by atoms with Crippen molar-refractivity contribution in [1.82, 2.24) is 10.3 Å². The van der Waals surface area contributed by atoms with Gasteiger partial charge in [0.25, 0.3) is 5.91 Å². The van der Waals surface area contributed by atoms with Crippen LogP contribution in [0.3, 0.4) is 0 Å². The molecule has 1 amide bonds. The lowest BCUT2D eigenvalue weighted by atomic mass is 9.98. The third-order valence-electron chi connectivity index (χ3n) is 3.56. The van der Waals surface area contributed by atoms with E-state index in [9.17, 15) is 9.18 Å². The van der Waals surface area contributed by atoms with Crippen LogP contribution in [0, 0.1) is 12.7 Å². The third-order valence-corrected chi connectivity index (χ3v) is 4.49. The van der Waals surface area contributed by atoms with Crippen molar-refractivity contribution in [3.8, 4) is 0 Å². The number of nitrogens with zero attached hydrogens (tertiary/aromatic N) is 1. The highest BCUT2D eigenvalue weighted by atomic mass is 32.1. The van der Waals surface area contributed by atoms with E-state index in [2.05, 4.69) is 10.3 Å². The number of halogens is 1. The first-order valence-electron chi connectivity index (χ1n) is 7.16. The molecular formula is C18H15FN2OS. The van der Waals surface area contributed by atoms with Crippen molar-refractivity contribution in [2.45, 2.75) is 13.0 Å². The largest absolute Gasteiger partial charge is 0.340 e. The second kappa shape index (κ2) is 6.71. The molecule has 3 nitrogen and oxygen atoms in total. The Labute approximate surface area is 137 Å². The van der Waals surface area contributed by atoms with Crippen molar-refractivity contribution in [1.29, 1.82) is 0 Å². The molecule has 1 unspecified atom stereocenters. The summed E-state index contributed by atoms with van der Waals surface area (Å²) < 4.78 is 13.2. The SMILES string of the molecule is Cc1ncsc1C(=O)NC(c1ccccc1)c1ccc(F)cc1. The second-order valence-electron chi connectivity index (χ2n) is 5.14. The number of carbonyl (C=O) groups is 1. The van der Waals surface area contributed by atoms with E-state index in [1.165, 1.54) is 23.5 Å². The maximum Gasteiger partial charge on any atom is 0.264 e. The number of amides is 1. The highest BCUT2D eigenvalue weighted by molar-refractivity contribution is 7.11. The summed E-state index contributed by atoms with van der Waals surface area (Å²) in [6, 6.07) is 15.4. The molecular weight excluding hydrogens is 311 g/mol. The molecule has 0 fully saturated rings. The Morgan fingerprint density at radius 1 is 1.09 bits per heavy atom. The van der Waals surface area contributed by atoms with Gasteiger partial charge in [-0.1, -0.05) is 42.5 Å². The van der Waals surface area contributed by atoms with Gasteiger partial charge in [0, 0.05) is 0 Å². The first-order valence-corrected chi connectivity index (χ1v) is 8.04. The monoisotopic (exact) mass is 326 g/mol. The minimum absolute atomic E-state index is 0.178. The zero-order valence-electron chi connectivity index (χ0n) is 12.5. The topological polar surface area (TPSA) is 42.0 Å². The van der Waals surface area contributed by atoms with Crippen LogP contribution >= 0.6 is 11.3 Å². The number of benzene rings is 2. The molecule has 0 aliphatic rings. The summed E-state index contributed by atoms with van der Waals surface area (Å²) in [7, 11) is 0. The fourth-order valence-corrected chi connectivity index (χ4v) is 3.08.